The largest absolute Gasteiger partial charge is 0.468 e. The van der Waals surface area contributed by atoms with Gasteiger partial charge in [0.1, 0.15) is 12.6 Å². The number of nitrogens with zero attached hydrogens (tertiary/aromatic N) is 4. The fourth-order valence-electron chi connectivity index (χ4n) is 2.56. The highest BCUT2D eigenvalue weighted by Crippen LogP contribution is 2.02. The van der Waals surface area contributed by atoms with Crippen molar-refractivity contribution in [1.29, 1.82) is 0 Å². The summed E-state index contributed by atoms with van der Waals surface area (Å²) in [6.07, 6.45) is 0. The maximum Gasteiger partial charge on any atom is 0.324 e. The van der Waals surface area contributed by atoms with Crippen molar-refractivity contribution in [2.24, 2.45) is 5.11 Å². The van der Waals surface area contributed by atoms with Crippen LogP contribution in [0.3, 0.4) is 0 Å². The van der Waals surface area contributed by atoms with E-state index in [-0.39, 0.29) is 25.0 Å². The van der Waals surface area contributed by atoms with Crippen molar-refractivity contribution in [1.82, 2.24) is 10.2 Å². The van der Waals surface area contributed by atoms with Crippen LogP contribution in [0.15, 0.2) is 5.11 Å². The van der Waals surface area contributed by atoms with Gasteiger partial charge in [0.2, 0.25) is 5.91 Å². The van der Waals surface area contributed by atoms with Crippen LogP contribution in [-0.2, 0) is 38.0 Å². The van der Waals surface area contributed by atoms with Gasteiger partial charge >= 0.3 is 5.97 Å². The predicted molar refractivity (Wildman–Crippen MR) is 108 cm³/mol. The minimum atomic E-state index is -0.500. The van der Waals surface area contributed by atoms with Gasteiger partial charge in [0.15, 0.2) is 0 Å². The third-order valence-corrected chi connectivity index (χ3v) is 4.13. The maximum atomic E-state index is 12.1. The molecule has 1 rings (SSSR count). The number of hydrogen-bond donors (Lipinski definition) is 1. The van der Waals surface area contributed by atoms with Crippen molar-refractivity contribution in [2.75, 3.05) is 99.4 Å². The molecule has 0 aromatic rings. The summed E-state index contributed by atoms with van der Waals surface area (Å²) in [6, 6.07) is -0.500. The second-order valence-corrected chi connectivity index (χ2v) is 6.33. The molecule has 1 atom stereocenters. The number of carbonyl (C=O) groups excluding carboxylic acids is 2. The highest BCUT2D eigenvalue weighted by atomic mass is 16.6. The van der Waals surface area contributed by atoms with Gasteiger partial charge in [-0.25, -0.2) is 0 Å². The summed E-state index contributed by atoms with van der Waals surface area (Å²) in [7, 11) is 1.32. The first-order valence-corrected chi connectivity index (χ1v) is 10.2. The van der Waals surface area contributed by atoms with E-state index in [0.29, 0.717) is 79.1 Å². The van der Waals surface area contributed by atoms with Crippen molar-refractivity contribution in [3.63, 3.8) is 0 Å². The lowest BCUT2D eigenvalue weighted by Crippen LogP contribution is -2.56. The zero-order valence-corrected chi connectivity index (χ0v) is 18.0. The smallest absolute Gasteiger partial charge is 0.324 e. The van der Waals surface area contributed by atoms with Gasteiger partial charge in [-0.3, -0.25) is 9.59 Å². The van der Waals surface area contributed by atoms with Crippen LogP contribution in [0, 0.1) is 0 Å². The molecule has 1 amide bonds. The summed E-state index contributed by atoms with van der Waals surface area (Å²) >= 11 is 0. The molecule has 1 aliphatic rings. The van der Waals surface area contributed by atoms with Crippen molar-refractivity contribution >= 4 is 11.9 Å². The zero-order valence-electron chi connectivity index (χ0n) is 18.0. The topological polar surface area (TPSA) is 154 Å². The summed E-state index contributed by atoms with van der Waals surface area (Å²) in [5.41, 5.74) is 8.10. The van der Waals surface area contributed by atoms with E-state index in [1.807, 2.05) is 0 Å². The van der Waals surface area contributed by atoms with Crippen LogP contribution in [-0.4, -0.2) is 122 Å². The third-order valence-electron chi connectivity index (χ3n) is 4.13. The minimum absolute atomic E-state index is 0.0552. The molecule has 1 N–H and O–H groups in total. The van der Waals surface area contributed by atoms with Crippen LogP contribution in [0.5, 0.6) is 0 Å². The van der Waals surface area contributed by atoms with Gasteiger partial charge in [-0.15, -0.1) is 0 Å². The van der Waals surface area contributed by atoms with Crippen molar-refractivity contribution in [3.8, 4) is 0 Å². The molecule has 0 bridgehead atoms. The summed E-state index contributed by atoms with van der Waals surface area (Å²) in [4.78, 5) is 27.9. The van der Waals surface area contributed by atoms with Gasteiger partial charge in [0, 0.05) is 31.1 Å². The average Bonchev–Trinajstić information content (AvgIpc) is 2.80. The molecule has 13 heteroatoms. The number of ether oxygens (including phenoxy) is 6. The molecule has 31 heavy (non-hydrogen) atoms. The van der Waals surface area contributed by atoms with Gasteiger partial charge in [0.25, 0.3) is 0 Å². The van der Waals surface area contributed by atoms with Crippen LogP contribution in [0.4, 0.5) is 0 Å². The number of nitrogens with one attached hydrogen (secondary N) is 1. The predicted octanol–water partition coefficient (Wildman–Crippen LogP) is -0.647. The Morgan fingerprint density at radius 3 is 2.06 bits per heavy atom. The average molecular weight is 447 g/mol. The molecule has 13 nitrogen and oxygen atoms in total. The Labute approximate surface area is 181 Å². The Balaban J connectivity index is 1.85. The molecule has 1 heterocycles. The van der Waals surface area contributed by atoms with Crippen LogP contribution in [0.25, 0.3) is 10.4 Å². The first kappa shape index (κ1) is 27.0. The van der Waals surface area contributed by atoms with Gasteiger partial charge in [-0.05, 0) is 5.53 Å². The van der Waals surface area contributed by atoms with E-state index in [0.717, 1.165) is 0 Å². The summed E-state index contributed by atoms with van der Waals surface area (Å²) in [6.45, 7) is 5.25. The molecule has 0 aliphatic carbocycles. The van der Waals surface area contributed by atoms with Crippen LogP contribution in [0.2, 0.25) is 0 Å². The van der Waals surface area contributed by atoms with E-state index in [1.165, 1.54) is 7.11 Å². The number of esters is 1. The molecule has 1 fully saturated rings. The van der Waals surface area contributed by atoms with Gasteiger partial charge in [0.05, 0.1) is 66.6 Å². The Bertz CT molecular complexity index is 547. The molecule has 0 spiro atoms. The third kappa shape index (κ3) is 13.8. The van der Waals surface area contributed by atoms with Crippen molar-refractivity contribution < 1.29 is 38.0 Å². The van der Waals surface area contributed by atoms with Crippen LogP contribution >= 0.6 is 0 Å². The molecule has 1 unspecified atom stereocenters. The highest BCUT2D eigenvalue weighted by Gasteiger charge is 2.28. The van der Waals surface area contributed by atoms with Crippen LogP contribution in [0.1, 0.15) is 0 Å². The van der Waals surface area contributed by atoms with E-state index in [4.69, 9.17) is 34.0 Å². The number of piperazine rings is 1. The van der Waals surface area contributed by atoms with Gasteiger partial charge in [-0.2, -0.15) is 0 Å². The lowest BCUT2D eigenvalue weighted by molar-refractivity contribution is -0.147. The monoisotopic (exact) mass is 447 g/mol. The molecule has 1 saturated heterocycles. The Morgan fingerprint density at radius 1 is 0.968 bits per heavy atom. The maximum absolute atomic E-state index is 12.1. The molecule has 0 aromatic carbocycles. The quantitative estimate of drug-likeness (QED) is 0.0949. The lowest BCUT2D eigenvalue weighted by atomic mass is 10.2. The lowest BCUT2D eigenvalue weighted by Gasteiger charge is -2.32. The molecule has 178 valence electrons. The Hall–Kier alpha value is -1.99. The summed E-state index contributed by atoms with van der Waals surface area (Å²) in [5, 5.41) is 6.36. The van der Waals surface area contributed by atoms with Crippen LogP contribution < -0.4 is 5.32 Å². The highest BCUT2D eigenvalue weighted by molar-refractivity contribution is 5.80. The standard InChI is InChI=1S/C18H33N5O8/c1-26-18(25)16-14-23(4-2-20-16)17(24)15-31-13-12-30-11-10-29-9-8-28-7-6-27-5-3-21-22-19/h16,20H,2-15H2,1H3. The first-order chi connectivity index (χ1) is 15.2. The second-order valence-electron chi connectivity index (χ2n) is 6.33. The number of amides is 1. The van der Waals surface area contributed by atoms with Gasteiger partial charge < -0.3 is 38.6 Å². The fourth-order valence-corrected chi connectivity index (χ4v) is 2.56. The minimum Gasteiger partial charge on any atom is -0.468 e. The number of azide groups is 1. The number of hydrogen-bond acceptors (Lipinski definition) is 10. The van der Waals surface area contributed by atoms with E-state index in [2.05, 4.69) is 15.3 Å². The second kappa shape index (κ2) is 18.8. The number of methoxy groups -OCH3 is 1. The van der Waals surface area contributed by atoms with E-state index in [9.17, 15) is 9.59 Å². The number of carbonyl (C=O) groups is 2. The Morgan fingerprint density at radius 2 is 1.52 bits per heavy atom. The van der Waals surface area contributed by atoms with E-state index >= 15 is 0 Å². The molecular formula is C18H33N5O8. The van der Waals surface area contributed by atoms with Gasteiger partial charge in [-0.1, -0.05) is 5.11 Å². The van der Waals surface area contributed by atoms with Crippen molar-refractivity contribution in [3.05, 3.63) is 10.4 Å². The SMILES string of the molecule is COC(=O)C1CN(C(=O)COCCOCCOCCOCCOCCN=[N+]=[N-])CCN1. The first-order valence-electron chi connectivity index (χ1n) is 10.2. The van der Waals surface area contributed by atoms with E-state index < -0.39 is 6.04 Å². The number of rotatable bonds is 18. The zero-order chi connectivity index (χ0) is 22.6. The summed E-state index contributed by atoms with van der Waals surface area (Å²) in [5.74, 6) is -0.548. The van der Waals surface area contributed by atoms with Crippen molar-refractivity contribution in [2.45, 2.75) is 6.04 Å². The molecular weight excluding hydrogens is 414 g/mol. The fraction of sp³-hybridized carbons (Fsp3) is 0.889. The molecule has 1 aliphatic heterocycles. The van der Waals surface area contributed by atoms with E-state index in [1.54, 1.807) is 4.90 Å². The summed E-state index contributed by atoms with van der Waals surface area (Å²) < 4.78 is 31.3. The molecule has 0 saturated carbocycles. The Kier molecular flexibility index (Phi) is 16.4. The normalized spacial score (nSPS) is 16.0. The molecule has 0 radical (unpaired) electrons. The molecule has 0 aromatic heterocycles.